The fourth-order valence-corrected chi connectivity index (χ4v) is 10.0. The molecule has 8 rings (SSSR count). The zero-order valence-electron chi connectivity index (χ0n) is 35.4. The van der Waals surface area contributed by atoms with Crippen molar-refractivity contribution in [3.05, 3.63) is 118 Å². The predicted octanol–water partition coefficient (Wildman–Crippen LogP) is 8.96. The standard InChI is InChI=1S/C48H57ClN6O5S/c1-34-30-39(13-15-43(34)50-19-5-21-53-26-28-59-29-27-53)61(57,58)52-47(56)42-14-12-38(31-46(42)60-45-7-4-6-44-41(45)17-20-51-44)55-24-22-54(23-25-55)33-36-32-48(2,3)18-16-40(36)35-8-10-37(49)11-9-35/h4,6-15,17,20,30-31,50-51H,5,16,18-19,21-29,32-33H2,1-3H3,(H,52,56). The van der Waals surface area contributed by atoms with Gasteiger partial charge in [-0.25, -0.2) is 13.1 Å². The quantitative estimate of drug-likeness (QED) is 0.0941. The van der Waals surface area contributed by atoms with Crippen molar-refractivity contribution >= 4 is 55.4 Å². The van der Waals surface area contributed by atoms with Gasteiger partial charge < -0.3 is 24.7 Å². The third-order valence-electron chi connectivity index (χ3n) is 12.3. The molecule has 1 amide bonds. The number of morpholine rings is 1. The first-order chi connectivity index (χ1) is 29.4. The number of fused-ring (bicyclic) bond motifs is 1. The number of aromatic nitrogens is 1. The van der Waals surface area contributed by atoms with E-state index in [2.05, 4.69) is 55.7 Å². The second-order valence-electron chi connectivity index (χ2n) is 17.3. The number of carbonyl (C=O) groups excluding carboxylic acids is 1. The van der Waals surface area contributed by atoms with Gasteiger partial charge in [-0.05, 0) is 122 Å². The molecule has 0 saturated carbocycles. The smallest absolute Gasteiger partial charge is 0.268 e. The van der Waals surface area contributed by atoms with E-state index in [1.165, 1.54) is 22.8 Å². The van der Waals surface area contributed by atoms with Crippen molar-refractivity contribution in [3.63, 3.8) is 0 Å². The van der Waals surface area contributed by atoms with Crippen molar-refractivity contribution in [2.24, 2.45) is 5.41 Å². The van der Waals surface area contributed by atoms with Crippen LogP contribution in [0, 0.1) is 12.3 Å². The maximum absolute atomic E-state index is 14.0. The first-order valence-electron chi connectivity index (χ1n) is 21.4. The highest BCUT2D eigenvalue weighted by Crippen LogP contribution is 2.43. The number of halogens is 1. The number of nitrogens with one attached hydrogen (secondary N) is 3. The number of piperazine rings is 1. The molecule has 2 saturated heterocycles. The minimum Gasteiger partial charge on any atom is -0.456 e. The molecule has 0 bridgehead atoms. The van der Waals surface area contributed by atoms with Crippen LogP contribution in [0.4, 0.5) is 11.4 Å². The molecule has 5 aromatic rings. The molecule has 3 aliphatic rings. The molecule has 2 aliphatic heterocycles. The van der Waals surface area contributed by atoms with E-state index in [1.807, 2.05) is 61.7 Å². The first kappa shape index (κ1) is 42.8. The summed E-state index contributed by atoms with van der Waals surface area (Å²) in [5.74, 6) is 0.0635. The molecular formula is C48H57ClN6O5S. The zero-order chi connectivity index (χ0) is 42.6. The molecule has 11 nitrogen and oxygen atoms in total. The van der Waals surface area contributed by atoms with E-state index in [1.54, 1.807) is 18.2 Å². The topological polar surface area (TPSA) is 119 Å². The van der Waals surface area contributed by atoms with Crippen molar-refractivity contribution in [3.8, 4) is 11.5 Å². The number of carbonyl (C=O) groups is 1. The van der Waals surface area contributed by atoms with Crippen LogP contribution in [0.15, 0.2) is 102 Å². The molecule has 0 unspecified atom stereocenters. The van der Waals surface area contributed by atoms with Gasteiger partial charge in [0.1, 0.15) is 11.5 Å². The molecule has 322 valence electrons. The van der Waals surface area contributed by atoms with Crippen LogP contribution < -0.4 is 19.7 Å². The van der Waals surface area contributed by atoms with Crippen LogP contribution >= 0.6 is 11.6 Å². The third-order valence-corrected chi connectivity index (χ3v) is 13.9. The molecule has 0 spiro atoms. The van der Waals surface area contributed by atoms with Crippen molar-refractivity contribution in [2.75, 3.05) is 82.3 Å². The number of nitrogens with zero attached hydrogens (tertiary/aromatic N) is 3. The Hall–Kier alpha value is -4.85. The van der Waals surface area contributed by atoms with Gasteiger partial charge in [0.25, 0.3) is 15.9 Å². The normalized spacial score (nSPS) is 17.7. The highest BCUT2D eigenvalue weighted by atomic mass is 35.5. The Bertz CT molecular complexity index is 2490. The minimum atomic E-state index is -4.21. The summed E-state index contributed by atoms with van der Waals surface area (Å²) in [6, 6.07) is 26.2. The van der Waals surface area contributed by atoms with Gasteiger partial charge in [-0.3, -0.25) is 14.6 Å². The number of ether oxygens (including phenoxy) is 2. The van der Waals surface area contributed by atoms with E-state index in [0.717, 1.165) is 131 Å². The monoisotopic (exact) mass is 864 g/mol. The van der Waals surface area contributed by atoms with Gasteiger partial charge in [-0.15, -0.1) is 0 Å². The molecule has 1 aliphatic carbocycles. The summed E-state index contributed by atoms with van der Waals surface area (Å²) < 4.78 is 41.8. The van der Waals surface area contributed by atoms with E-state index in [0.29, 0.717) is 5.75 Å². The molecule has 13 heteroatoms. The Morgan fingerprint density at radius 3 is 2.46 bits per heavy atom. The van der Waals surface area contributed by atoms with Gasteiger partial charge in [0.2, 0.25) is 0 Å². The zero-order valence-corrected chi connectivity index (χ0v) is 37.0. The Balaban J connectivity index is 0.969. The number of aromatic amines is 1. The third kappa shape index (κ3) is 10.4. The molecule has 2 fully saturated rings. The number of hydrogen-bond acceptors (Lipinski definition) is 9. The van der Waals surface area contributed by atoms with E-state index in [-0.39, 0.29) is 21.6 Å². The van der Waals surface area contributed by atoms with Crippen LogP contribution in [-0.4, -0.2) is 101 Å². The number of sulfonamides is 1. The maximum atomic E-state index is 14.0. The summed E-state index contributed by atoms with van der Waals surface area (Å²) >= 11 is 6.25. The number of anilines is 2. The molecule has 1 aromatic heterocycles. The van der Waals surface area contributed by atoms with Crippen LogP contribution in [-0.2, 0) is 14.8 Å². The summed E-state index contributed by atoms with van der Waals surface area (Å²) in [6.45, 7) is 16.0. The molecule has 3 heterocycles. The van der Waals surface area contributed by atoms with Crippen molar-refractivity contribution in [2.45, 2.75) is 51.3 Å². The highest BCUT2D eigenvalue weighted by Gasteiger charge is 2.30. The Kier molecular flexibility index (Phi) is 13.1. The highest BCUT2D eigenvalue weighted by molar-refractivity contribution is 7.90. The number of benzene rings is 4. The molecule has 61 heavy (non-hydrogen) atoms. The van der Waals surface area contributed by atoms with Crippen LogP contribution in [0.2, 0.25) is 5.02 Å². The second-order valence-corrected chi connectivity index (χ2v) is 19.4. The van der Waals surface area contributed by atoms with Crippen LogP contribution in [0.25, 0.3) is 16.5 Å². The van der Waals surface area contributed by atoms with Crippen molar-refractivity contribution < 1.29 is 22.7 Å². The van der Waals surface area contributed by atoms with E-state index < -0.39 is 15.9 Å². The number of aryl methyl sites for hydroxylation is 1. The maximum Gasteiger partial charge on any atom is 0.268 e. The molecule has 0 radical (unpaired) electrons. The Morgan fingerprint density at radius 1 is 0.902 bits per heavy atom. The van der Waals surface area contributed by atoms with Gasteiger partial charge in [-0.2, -0.15) is 0 Å². The van der Waals surface area contributed by atoms with Gasteiger partial charge in [0, 0.05) is 91.9 Å². The molecular weight excluding hydrogens is 808 g/mol. The van der Waals surface area contributed by atoms with Crippen molar-refractivity contribution in [1.29, 1.82) is 0 Å². The number of amides is 1. The van der Waals surface area contributed by atoms with Crippen LogP contribution in [0.1, 0.15) is 61.0 Å². The van der Waals surface area contributed by atoms with Gasteiger partial charge in [-0.1, -0.05) is 49.2 Å². The molecule has 3 N–H and O–H groups in total. The van der Waals surface area contributed by atoms with E-state index in [4.69, 9.17) is 21.1 Å². The lowest BCUT2D eigenvalue weighted by atomic mass is 9.73. The summed E-state index contributed by atoms with van der Waals surface area (Å²) in [5.41, 5.74) is 8.01. The van der Waals surface area contributed by atoms with Gasteiger partial charge in [0.15, 0.2) is 0 Å². The number of rotatable bonds is 14. The first-order valence-corrected chi connectivity index (χ1v) is 23.3. The number of allylic oxidation sites excluding steroid dienone is 1. The van der Waals surface area contributed by atoms with Gasteiger partial charge >= 0.3 is 0 Å². The van der Waals surface area contributed by atoms with Crippen LogP contribution in [0.3, 0.4) is 0 Å². The lowest BCUT2D eigenvalue weighted by Gasteiger charge is -2.39. The summed E-state index contributed by atoms with van der Waals surface area (Å²) in [6.07, 6.45) is 6.08. The number of hydrogen-bond donors (Lipinski definition) is 3. The van der Waals surface area contributed by atoms with Crippen molar-refractivity contribution in [1.82, 2.24) is 19.5 Å². The molecule has 0 atom stereocenters. The average Bonchev–Trinajstić information content (AvgIpc) is 3.74. The fourth-order valence-electron chi connectivity index (χ4n) is 8.83. The number of H-pyrrole nitrogens is 1. The average molecular weight is 866 g/mol. The Morgan fingerprint density at radius 2 is 1.69 bits per heavy atom. The minimum absolute atomic E-state index is 0.0131. The predicted molar refractivity (Wildman–Crippen MR) is 246 cm³/mol. The SMILES string of the molecule is Cc1cc(S(=O)(=O)NC(=O)c2ccc(N3CCN(CC4=C(c5ccc(Cl)cc5)CCC(C)(C)C4)CC3)cc2Oc2cccc3[nH]ccc23)ccc1NCCCN1CCOCC1. The van der Waals surface area contributed by atoms with Crippen LogP contribution in [0.5, 0.6) is 11.5 Å². The lowest BCUT2D eigenvalue weighted by molar-refractivity contribution is 0.0378. The fraction of sp³-hybridized carbons (Fsp3) is 0.396. The van der Waals surface area contributed by atoms with Gasteiger partial charge in [0.05, 0.1) is 23.7 Å². The van der Waals surface area contributed by atoms with E-state index >= 15 is 0 Å². The summed E-state index contributed by atoms with van der Waals surface area (Å²) in [4.78, 5) is 24.5. The largest absolute Gasteiger partial charge is 0.456 e. The summed E-state index contributed by atoms with van der Waals surface area (Å²) in [7, 11) is -4.21. The Labute approximate surface area is 365 Å². The molecule has 4 aromatic carbocycles. The lowest BCUT2D eigenvalue weighted by Crippen LogP contribution is -2.47. The summed E-state index contributed by atoms with van der Waals surface area (Å²) in [5, 5.41) is 5.04. The second kappa shape index (κ2) is 18.6. The van der Waals surface area contributed by atoms with E-state index in [9.17, 15) is 13.2 Å².